The van der Waals surface area contributed by atoms with Gasteiger partial charge in [0.2, 0.25) is 0 Å². The summed E-state index contributed by atoms with van der Waals surface area (Å²) in [7, 11) is 0. The molecule has 1 aromatic carbocycles. The van der Waals surface area contributed by atoms with Crippen molar-refractivity contribution in [3.8, 4) is 0 Å². The summed E-state index contributed by atoms with van der Waals surface area (Å²) in [5.74, 6) is -0.693. The van der Waals surface area contributed by atoms with Gasteiger partial charge in [-0.25, -0.2) is 14.6 Å². The fraction of sp³-hybridized carbons (Fsp3) is 0.462. The monoisotopic (exact) mass is 371 g/mol. The van der Waals surface area contributed by atoms with Crippen LogP contribution in [-0.2, 0) is 0 Å². The summed E-state index contributed by atoms with van der Waals surface area (Å²) in [6.07, 6.45) is -10.4. The van der Waals surface area contributed by atoms with E-state index in [0.717, 1.165) is 17.1 Å². The third-order valence-corrected chi connectivity index (χ3v) is 3.73. The molecular formula is C13H14ClF4N3O3. The maximum absolute atomic E-state index is 13.4. The summed E-state index contributed by atoms with van der Waals surface area (Å²) in [4.78, 5) is 12.6. The van der Waals surface area contributed by atoms with Crippen LogP contribution in [0.3, 0.4) is 0 Å². The number of carbonyl (C=O) groups excluding carboxylic acids is 1. The van der Waals surface area contributed by atoms with Crippen LogP contribution in [0.1, 0.15) is 6.92 Å². The molecule has 1 aliphatic heterocycles. The Labute approximate surface area is 139 Å². The topological polar surface area (TPSA) is 76.0 Å². The van der Waals surface area contributed by atoms with Gasteiger partial charge in [0.25, 0.3) is 0 Å². The summed E-state index contributed by atoms with van der Waals surface area (Å²) in [5, 5.41) is 20.0. The number of nitrogens with zero attached hydrogens (tertiary/aromatic N) is 2. The molecular weight excluding hydrogens is 358 g/mol. The number of rotatable bonds is 4. The molecule has 1 aromatic rings. The van der Waals surface area contributed by atoms with Crippen LogP contribution in [0.4, 0.5) is 28.0 Å². The number of nitrogens with one attached hydrogen (secondary N) is 1. The second-order valence-corrected chi connectivity index (χ2v) is 5.65. The molecule has 1 aliphatic rings. The quantitative estimate of drug-likeness (QED) is 0.706. The molecule has 2 rings (SSSR count). The van der Waals surface area contributed by atoms with Gasteiger partial charge in [-0.1, -0.05) is 11.6 Å². The average molecular weight is 372 g/mol. The molecule has 11 heteroatoms. The first kappa shape index (κ1) is 18.6. The van der Waals surface area contributed by atoms with E-state index < -0.39 is 42.9 Å². The lowest BCUT2D eigenvalue weighted by molar-refractivity contribution is -0.207. The van der Waals surface area contributed by atoms with E-state index in [4.69, 9.17) is 11.6 Å². The largest absolute Gasteiger partial charge is 0.416 e. The lowest BCUT2D eigenvalue weighted by atomic mass is 10.2. The molecule has 1 heterocycles. The predicted molar refractivity (Wildman–Crippen MR) is 76.7 cm³/mol. The molecule has 0 radical (unpaired) electrons. The van der Waals surface area contributed by atoms with Crippen molar-refractivity contribution in [2.45, 2.75) is 31.5 Å². The van der Waals surface area contributed by atoms with Crippen molar-refractivity contribution in [3.05, 3.63) is 29.0 Å². The van der Waals surface area contributed by atoms with Crippen LogP contribution in [0.2, 0.25) is 5.02 Å². The number of carbonyl (C=O) groups is 1. The van der Waals surface area contributed by atoms with E-state index in [2.05, 4.69) is 5.43 Å². The van der Waals surface area contributed by atoms with Crippen molar-refractivity contribution in [1.29, 1.82) is 0 Å². The van der Waals surface area contributed by atoms with Gasteiger partial charge >= 0.3 is 12.2 Å². The number of hydrogen-bond donors (Lipinski definition) is 3. The third kappa shape index (κ3) is 3.65. The number of hydrazine groups is 1. The second-order valence-electron chi connectivity index (χ2n) is 5.25. The highest BCUT2D eigenvalue weighted by molar-refractivity contribution is 6.33. The fourth-order valence-electron chi connectivity index (χ4n) is 2.32. The number of urea groups is 1. The van der Waals surface area contributed by atoms with Crippen LogP contribution >= 0.6 is 11.6 Å². The van der Waals surface area contributed by atoms with Crippen LogP contribution < -0.4 is 10.4 Å². The van der Waals surface area contributed by atoms with E-state index in [1.165, 1.54) is 13.0 Å². The number of anilines is 1. The first-order valence-corrected chi connectivity index (χ1v) is 7.14. The van der Waals surface area contributed by atoms with E-state index in [1.54, 1.807) is 0 Å². The van der Waals surface area contributed by atoms with Crippen molar-refractivity contribution in [1.82, 2.24) is 10.3 Å². The lowest BCUT2D eigenvalue weighted by Crippen LogP contribution is -2.52. The zero-order valence-corrected chi connectivity index (χ0v) is 13.0. The van der Waals surface area contributed by atoms with Crippen LogP contribution in [0, 0.1) is 5.82 Å². The van der Waals surface area contributed by atoms with Gasteiger partial charge in [0.15, 0.2) is 12.3 Å². The minimum Gasteiger partial charge on any atom is -0.389 e. The SMILES string of the molecule is CC(O)C1N(C[C@H](O)C(F)(F)F)C(=O)NN1c1cc(F)ccc1Cl. The molecule has 0 bridgehead atoms. The molecule has 1 saturated heterocycles. The van der Waals surface area contributed by atoms with Gasteiger partial charge in [0, 0.05) is 6.07 Å². The van der Waals surface area contributed by atoms with Crippen LogP contribution in [0.5, 0.6) is 0 Å². The van der Waals surface area contributed by atoms with Crippen LogP contribution in [0.25, 0.3) is 0 Å². The first-order valence-electron chi connectivity index (χ1n) is 6.76. The maximum Gasteiger partial charge on any atom is 0.416 e. The summed E-state index contributed by atoms with van der Waals surface area (Å²) in [6.45, 7) is 0.131. The normalized spacial score (nSPS) is 21.0. The van der Waals surface area contributed by atoms with Crippen molar-refractivity contribution >= 4 is 23.3 Å². The molecule has 1 fully saturated rings. The molecule has 3 atom stereocenters. The Balaban J connectivity index is 2.35. The summed E-state index contributed by atoms with van der Waals surface area (Å²) in [6, 6.07) is 2.23. The molecule has 0 aliphatic carbocycles. The minimum absolute atomic E-state index is 0.0144. The van der Waals surface area contributed by atoms with E-state index in [1.807, 2.05) is 0 Å². The zero-order valence-electron chi connectivity index (χ0n) is 12.3. The van der Waals surface area contributed by atoms with E-state index >= 15 is 0 Å². The maximum atomic E-state index is 13.4. The minimum atomic E-state index is -4.94. The number of alkyl halides is 3. The highest BCUT2D eigenvalue weighted by Crippen LogP contribution is 2.32. The molecule has 2 amide bonds. The number of amides is 2. The highest BCUT2D eigenvalue weighted by Gasteiger charge is 2.47. The standard InChI is InChI=1S/C13H14ClF4N3O3/c1-6(22)11-20(5-10(23)13(16,17)18)12(24)19-21(11)9-4-7(15)2-3-8(9)14/h2-4,6,10-11,22-23H,5H2,1H3,(H,19,24)/t6?,10-,11?/m0/s1. The van der Waals surface area contributed by atoms with E-state index in [-0.39, 0.29) is 10.7 Å². The van der Waals surface area contributed by atoms with Gasteiger partial charge in [0.1, 0.15) is 5.82 Å². The van der Waals surface area contributed by atoms with Gasteiger partial charge in [-0.2, -0.15) is 13.2 Å². The molecule has 0 saturated carbocycles. The molecule has 24 heavy (non-hydrogen) atoms. The van der Waals surface area contributed by atoms with Crippen molar-refractivity contribution < 1.29 is 32.6 Å². The smallest absolute Gasteiger partial charge is 0.389 e. The van der Waals surface area contributed by atoms with Gasteiger partial charge < -0.3 is 10.2 Å². The molecule has 2 unspecified atom stereocenters. The Morgan fingerprint density at radius 2 is 2.00 bits per heavy atom. The fourth-order valence-corrected chi connectivity index (χ4v) is 2.53. The van der Waals surface area contributed by atoms with Gasteiger partial charge in [-0.05, 0) is 19.1 Å². The number of benzene rings is 1. The van der Waals surface area contributed by atoms with Crippen molar-refractivity contribution in [2.75, 3.05) is 11.6 Å². The van der Waals surface area contributed by atoms with E-state index in [9.17, 15) is 32.6 Å². The molecule has 0 spiro atoms. The Morgan fingerprint density at radius 1 is 1.38 bits per heavy atom. The lowest BCUT2D eigenvalue weighted by Gasteiger charge is -2.32. The van der Waals surface area contributed by atoms with E-state index in [0.29, 0.717) is 4.90 Å². The molecule has 134 valence electrons. The Bertz CT molecular complexity index is 629. The van der Waals surface area contributed by atoms with Crippen LogP contribution in [0.15, 0.2) is 18.2 Å². The van der Waals surface area contributed by atoms with Crippen LogP contribution in [-0.4, -0.2) is 52.2 Å². The number of halogens is 5. The third-order valence-electron chi connectivity index (χ3n) is 3.41. The predicted octanol–water partition coefficient (Wildman–Crippen LogP) is 1.86. The van der Waals surface area contributed by atoms with Crippen molar-refractivity contribution in [2.24, 2.45) is 0 Å². The summed E-state index contributed by atoms with van der Waals surface area (Å²) >= 11 is 5.93. The summed E-state index contributed by atoms with van der Waals surface area (Å²) < 4.78 is 51.0. The molecule has 6 nitrogen and oxygen atoms in total. The molecule has 3 N–H and O–H groups in total. The highest BCUT2D eigenvalue weighted by atomic mass is 35.5. The summed E-state index contributed by atoms with van der Waals surface area (Å²) in [5.41, 5.74) is 2.17. The zero-order chi connectivity index (χ0) is 18.2. The Kier molecular flexibility index (Phi) is 5.11. The second kappa shape index (κ2) is 6.61. The first-order chi connectivity index (χ1) is 11.0. The number of hydrogen-bond acceptors (Lipinski definition) is 4. The van der Waals surface area contributed by atoms with Crippen molar-refractivity contribution in [3.63, 3.8) is 0 Å². The number of β-amino-alcohol motifs (C(OH)–C–C–N with tert-alkyl or cyclic N) is 1. The Morgan fingerprint density at radius 3 is 2.54 bits per heavy atom. The Hall–Kier alpha value is -1.78. The average Bonchev–Trinajstić information content (AvgIpc) is 2.77. The van der Waals surface area contributed by atoms with Gasteiger partial charge in [-0.15, -0.1) is 0 Å². The number of aliphatic hydroxyl groups is 2. The van der Waals surface area contributed by atoms with Gasteiger partial charge in [-0.3, -0.25) is 9.91 Å². The van der Waals surface area contributed by atoms with Gasteiger partial charge in [0.05, 0.1) is 23.4 Å². The molecule has 0 aromatic heterocycles. The number of aliphatic hydroxyl groups excluding tert-OH is 2.